The molecule has 0 saturated heterocycles. The smallest absolute Gasteiger partial charge is 0.136 e. The van der Waals surface area contributed by atoms with Gasteiger partial charge in [-0.1, -0.05) is 32.1 Å². The quantitative estimate of drug-likeness (QED) is 0.900. The molecule has 0 bridgehead atoms. The fourth-order valence-electron chi connectivity index (χ4n) is 2.68. The van der Waals surface area contributed by atoms with Gasteiger partial charge in [-0.15, -0.1) is 0 Å². The standard InChI is InChI=1S/C13H22BrN3/c1-10-12(14)13(15)17(16-10)9-11-7-5-3-2-4-6-8-11/h11H,2-9,15H2,1H3. The van der Waals surface area contributed by atoms with Crippen molar-refractivity contribution >= 4 is 21.7 Å². The Bertz CT molecular complexity index is 365. The molecular formula is C13H22BrN3. The topological polar surface area (TPSA) is 43.8 Å². The van der Waals surface area contributed by atoms with Crippen LogP contribution in [0.3, 0.4) is 0 Å². The van der Waals surface area contributed by atoms with Gasteiger partial charge in [-0.25, -0.2) is 4.68 Å². The molecule has 1 saturated carbocycles. The zero-order chi connectivity index (χ0) is 12.3. The maximum absolute atomic E-state index is 6.04. The second-order valence-corrected chi connectivity index (χ2v) is 5.97. The Labute approximate surface area is 112 Å². The number of hydrogen-bond donors (Lipinski definition) is 1. The number of nitrogens with zero attached hydrogens (tertiary/aromatic N) is 2. The molecule has 3 nitrogen and oxygen atoms in total. The van der Waals surface area contributed by atoms with Crippen LogP contribution >= 0.6 is 15.9 Å². The number of anilines is 1. The minimum absolute atomic E-state index is 0.754. The van der Waals surface area contributed by atoms with Gasteiger partial charge in [0.05, 0.1) is 10.2 Å². The fourth-order valence-corrected chi connectivity index (χ4v) is 2.97. The lowest BCUT2D eigenvalue weighted by Gasteiger charge is -2.20. The van der Waals surface area contributed by atoms with Gasteiger partial charge in [-0.05, 0) is 41.6 Å². The summed E-state index contributed by atoms with van der Waals surface area (Å²) in [5.41, 5.74) is 7.04. The average molecular weight is 300 g/mol. The predicted octanol–water partition coefficient (Wildman–Crippen LogP) is 3.90. The molecule has 1 aromatic heterocycles. The van der Waals surface area contributed by atoms with Crippen molar-refractivity contribution < 1.29 is 0 Å². The Morgan fingerprint density at radius 3 is 2.35 bits per heavy atom. The van der Waals surface area contributed by atoms with Crippen LogP contribution in [-0.2, 0) is 6.54 Å². The fraction of sp³-hybridized carbons (Fsp3) is 0.769. The van der Waals surface area contributed by atoms with Crippen molar-refractivity contribution in [2.45, 2.75) is 58.4 Å². The van der Waals surface area contributed by atoms with Gasteiger partial charge < -0.3 is 5.73 Å². The van der Waals surface area contributed by atoms with Crippen molar-refractivity contribution in [3.8, 4) is 0 Å². The van der Waals surface area contributed by atoms with Crippen LogP contribution in [-0.4, -0.2) is 9.78 Å². The molecule has 1 fully saturated rings. The molecule has 1 aromatic rings. The van der Waals surface area contributed by atoms with Crippen LogP contribution < -0.4 is 5.73 Å². The van der Waals surface area contributed by atoms with E-state index < -0.39 is 0 Å². The monoisotopic (exact) mass is 299 g/mol. The van der Waals surface area contributed by atoms with Crippen molar-refractivity contribution in [2.24, 2.45) is 5.92 Å². The Kier molecular flexibility index (Phi) is 4.48. The predicted molar refractivity (Wildman–Crippen MR) is 74.9 cm³/mol. The first-order valence-electron chi connectivity index (χ1n) is 6.67. The van der Waals surface area contributed by atoms with E-state index in [-0.39, 0.29) is 0 Å². The number of aryl methyl sites for hydroxylation is 1. The molecule has 1 aliphatic carbocycles. The number of aromatic nitrogens is 2. The molecule has 2 rings (SSSR count). The first-order chi connectivity index (χ1) is 8.18. The third-order valence-electron chi connectivity index (χ3n) is 3.75. The highest BCUT2D eigenvalue weighted by molar-refractivity contribution is 9.10. The number of halogens is 1. The van der Waals surface area contributed by atoms with Crippen molar-refractivity contribution in [3.05, 3.63) is 10.2 Å². The van der Waals surface area contributed by atoms with E-state index >= 15 is 0 Å². The van der Waals surface area contributed by atoms with E-state index in [1.54, 1.807) is 0 Å². The first-order valence-corrected chi connectivity index (χ1v) is 7.46. The van der Waals surface area contributed by atoms with Gasteiger partial charge in [0.1, 0.15) is 5.82 Å². The zero-order valence-electron chi connectivity index (χ0n) is 10.6. The van der Waals surface area contributed by atoms with Gasteiger partial charge in [0, 0.05) is 6.54 Å². The normalized spacial score (nSPS) is 18.9. The summed E-state index contributed by atoms with van der Waals surface area (Å²) in [6.45, 7) is 2.98. The van der Waals surface area contributed by atoms with Crippen LogP contribution in [0.25, 0.3) is 0 Å². The lowest BCUT2D eigenvalue weighted by atomic mass is 9.91. The molecule has 0 radical (unpaired) electrons. The summed E-state index contributed by atoms with van der Waals surface area (Å²) >= 11 is 3.48. The zero-order valence-corrected chi connectivity index (χ0v) is 12.2. The highest BCUT2D eigenvalue weighted by atomic mass is 79.9. The lowest BCUT2D eigenvalue weighted by Crippen LogP contribution is -2.15. The Morgan fingerprint density at radius 2 is 1.82 bits per heavy atom. The van der Waals surface area contributed by atoms with Crippen molar-refractivity contribution in [2.75, 3.05) is 5.73 Å². The van der Waals surface area contributed by atoms with Crippen LogP contribution in [0.2, 0.25) is 0 Å². The molecule has 0 atom stereocenters. The third kappa shape index (κ3) is 3.24. The van der Waals surface area contributed by atoms with Crippen molar-refractivity contribution in [1.82, 2.24) is 9.78 Å². The number of rotatable bonds is 2. The van der Waals surface area contributed by atoms with Gasteiger partial charge in [0.25, 0.3) is 0 Å². The van der Waals surface area contributed by atoms with Crippen molar-refractivity contribution in [3.63, 3.8) is 0 Å². The molecule has 1 aliphatic rings. The second-order valence-electron chi connectivity index (χ2n) is 5.18. The molecule has 4 heteroatoms. The van der Waals surface area contributed by atoms with E-state index in [4.69, 9.17) is 5.73 Å². The summed E-state index contributed by atoms with van der Waals surface area (Å²) in [7, 11) is 0. The molecule has 17 heavy (non-hydrogen) atoms. The largest absolute Gasteiger partial charge is 0.383 e. The maximum Gasteiger partial charge on any atom is 0.136 e. The maximum atomic E-state index is 6.04. The van der Waals surface area contributed by atoms with Crippen LogP contribution in [0.1, 0.15) is 50.6 Å². The van der Waals surface area contributed by atoms with E-state index in [9.17, 15) is 0 Å². The summed E-state index contributed by atoms with van der Waals surface area (Å²) in [6, 6.07) is 0. The summed E-state index contributed by atoms with van der Waals surface area (Å²) in [5, 5.41) is 4.50. The second kappa shape index (κ2) is 5.89. The van der Waals surface area contributed by atoms with Gasteiger partial charge in [-0.3, -0.25) is 0 Å². The third-order valence-corrected chi connectivity index (χ3v) is 4.73. The molecule has 0 amide bonds. The van der Waals surface area contributed by atoms with E-state index in [1.165, 1.54) is 44.9 Å². The van der Waals surface area contributed by atoms with Gasteiger partial charge >= 0.3 is 0 Å². The molecule has 0 unspecified atom stereocenters. The first kappa shape index (κ1) is 12.9. The molecule has 0 spiro atoms. The number of hydrogen-bond acceptors (Lipinski definition) is 2. The van der Waals surface area contributed by atoms with Gasteiger partial charge in [0.2, 0.25) is 0 Å². The van der Waals surface area contributed by atoms with Crippen LogP contribution in [0.5, 0.6) is 0 Å². The minimum Gasteiger partial charge on any atom is -0.383 e. The summed E-state index contributed by atoms with van der Waals surface area (Å²) in [5.74, 6) is 1.54. The van der Waals surface area contributed by atoms with Crippen LogP contribution in [0, 0.1) is 12.8 Å². The van der Waals surface area contributed by atoms with Crippen LogP contribution in [0.15, 0.2) is 4.47 Å². The highest BCUT2D eigenvalue weighted by Crippen LogP contribution is 2.27. The summed E-state index contributed by atoms with van der Waals surface area (Å²) in [6.07, 6.45) is 9.60. The Balaban J connectivity index is 2.00. The molecular weight excluding hydrogens is 278 g/mol. The molecule has 1 heterocycles. The SMILES string of the molecule is Cc1nn(CC2CCCCCCC2)c(N)c1Br. The van der Waals surface area contributed by atoms with E-state index in [0.29, 0.717) is 0 Å². The summed E-state index contributed by atoms with van der Waals surface area (Å²) < 4.78 is 2.94. The molecule has 0 aromatic carbocycles. The van der Waals surface area contributed by atoms with E-state index in [0.717, 1.165) is 28.4 Å². The van der Waals surface area contributed by atoms with E-state index in [2.05, 4.69) is 21.0 Å². The van der Waals surface area contributed by atoms with Crippen molar-refractivity contribution in [1.29, 1.82) is 0 Å². The van der Waals surface area contributed by atoms with E-state index in [1.807, 2.05) is 11.6 Å². The number of nitrogen functional groups attached to an aromatic ring is 1. The molecule has 0 aliphatic heterocycles. The lowest BCUT2D eigenvalue weighted by molar-refractivity contribution is 0.328. The minimum atomic E-state index is 0.754. The highest BCUT2D eigenvalue weighted by Gasteiger charge is 2.16. The Morgan fingerprint density at radius 1 is 1.24 bits per heavy atom. The Hall–Kier alpha value is -0.510. The van der Waals surface area contributed by atoms with Gasteiger partial charge in [0.15, 0.2) is 0 Å². The summed E-state index contributed by atoms with van der Waals surface area (Å²) in [4.78, 5) is 0. The average Bonchev–Trinajstić information content (AvgIpc) is 2.50. The van der Waals surface area contributed by atoms with Gasteiger partial charge in [-0.2, -0.15) is 5.10 Å². The number of nitrogens with two attached hydrogens (primary N) is 1. The molecule has 2 N–H and O–H groups in total. The molecule has 96 valence electrons. The van der Waals surface area contributed by atoms with Crippen LogP contribution in [0.4, 0.5) is 5.82 Å².